The zero-order valence-corrected chi connectivity index (χ0v) is 20.8. The maximum Gasteiger partial charge on any atom is 0.243 e. The molecule has 0 saturated carbocycles. The first-order chi connectivity index (χ1) is 16.0. The molecule has 1 saturated heterocycles. The van der Waals surface area contributed by atoms with Gasteiger partial charge in [0.15, 0.2) is 4.80 Å². The average Bonchev–Trinajstić information content (AvgIpc) is 3.22. The Morgan fingerprint density at radius 3 is 2.58 bits per heavy atom. The number of aromatic nitrogens is 1. The van der Waals surface area contributed by atoms with Gasteiger partial charge in [-0.15, -0.1) is 11.3 Å². The number of nitrogens with zero attached hydrogens (tertiary/aromatic N) is 3. The van der Waals surface area contributed by atoms with Crippen molar-refractivity contribution in [3.05, 3.63) is 64.8 Å². The van der Waals surface area contributed by atoms with Crippen molar-refractivity contribution in [1.29, 1.82) is 0 Å². The third-order valence-electron chi connectivity index (χ3n) is 6.02. The Kier molecular flexibility index (Phi) is 7.80. The van der Waals surface area contributed by atoms with Crippen molar-refractivity contribution >= 4 is 27.0 Å². The van der Waals surface area contributed by atoms with Crippen molar-refractivity contribution < 1.29 is 13.2 Å². The number of benzene rings is 2. The summed E-state index contributed by atoms with van der Waals surface area (Å²) in [5, 5.41) is 2.06. The van der Waals surface area contributed by atoms with Gasteiger partial charge in [-0.25, -0.2) is 13.4 Å². The van der Waals surface area contributed by atoms with Gasteiger partial charge in [-0.1, -0.05) is 37.3 Å². The van der Waals surface area contributed by atoms with E-state index in [1.54, 1.807) is 34.9 Å². The number of hydrogen-bond acceptors (Lipinski definition) is 5. The second kappa shape index (κ2) is 10.8. The lowest BCUT2D eigenvalue weighted by molar-refractivity contribution is 0.190. The Morgan fingerprint density at radius 2 is 1.85 bits per heavy atom. The van der Waals surface area contributed by atoms with Gasteiger partial charge in [-0.3, -0.25) is 0 Å². The van der Waals surface area contributed by atoms with Crippen molar-refractivity contribution in [2.75, 3.05) is 26.8 Å². The van der Waals surface area contributed by atoms with Crippen LogP contribution >= 0.6 is 11.3 Å². The molecule has 0 unspecified atom stereocenters. The molecule has 1 aromatic heterocycles. The van der Waals surface area contributed by atoms with Crippen molar-refractivity contribution in [3.63, 3.8) is 0 Å². The summed E-state index contributed by atoms with van der Waals surface area (Å²) < 4.78 is 35.7. The van der Waals surface area contributed by atoms with E-state index in [2.05, 4.69) is 16.9 Å². The van der Waals surface area contributed by atoms with Crippen LogP contribution in [0.5, 0.6) is 0 Å². The molecule has 0 amide bonds. The molecule has 0 aliphatic carbocycles. The van der Waals surface area contributed by atoms with Gasteiger partial charge >= 0.3 is 0 Å². The molecule has 2 heterocycles. The van der Waals surface area contributed by atoms with E-state index in [1.165, 1.54) is 0 Å². The number of hydrogen-bond donors (Lipinski definition) is 0. The molecule has 4 rings (SSSR count). The normalized spacial score (nSPS) is 16.4. The second-order valence-electron chi connectivity index (χ2n) is 8.46. The molecule has 0 radical (unpaired) electrons. The van der Waals surface area contributed by atoms with E-state index in [9.17, 15) is 8.42 Å². The van der Waals surface area contributed by atoms with Gasteiger partial charge in [0.25, 0.3) is 0 Å². The topological polar surface area (TPSA) is 63.9 Å². The number of thiazole rings is 1. The fourth-order valence-electron chi connectivity index (χ4n) is 4.04. The lowest BCUT2D eigenvalue weighted by atomic mass is 10.0. The van der Waals surface area contributed by atoms with Gasteiger partial charge in [-0.05, 0) is 49.4 Å². The van der Waals surface area contributed by atoms with Crippen molar-refractivity contribution in [2.24, 2.45) is 10.9 Å². The molecule has 0 bridgehead atoms. The molecule has 6 nitrogen and oxygen atoms in total. The Hall–Kier alpha value is -2.26. The van der Waals surface area contributed by atoms with Gasteiger partial charge in [0.05, 0.1) is 16.3 Å². The summed E-state index contributed by atoms with van der Waals surface area (Å²) in [5.74, 6) is 0.575. The third kappa shape index (κ3) is 5.63. The minimum Gasteiger partial charge on any atom is -0.385 e. The Labute approximate surface area is 200 Å². The van der Waals surface area contributed by atoms with Crippen molar-refractivity contribution in [2.45, 2.75) is 37.6 Å². The third-order valence-corrected chi connectivity index (χ3v) is 8.78. The molecule has 1 aliphatic heterocycles. The summed E-state index contributed by atoms with van der Waals surface area (Å²) in [6.07, 6.45) is 2.66. The van der Waals surface area contributed by atoms with E-state index in [1.807, 2.05) is 42.5 Å². The molecule has 1 fully saturated rings. The first-order valence-electron chi connectivity index (χ1n) is 11.4. The standard InChI is InChI=1S/C25H31N3O3S2/c1-20-12-15-27(16-13-20)33(29,30)23-11-6-8-21(18-23)24-19-32-25(28(24)14-7-17-31-2)26-22-9-4-3-5-10-22/h3-6,8-11,18-20H,7,12-17H2,1-2H3. The maximum absolute atomic E-state index is 13.3. The molecule has 2 aromatic carbocycles. The minimum absolute atomic E-state index is 0.353. The predicted molar refractivity (Wildman–Crippen MR) is 133 cm³/mol. The fourth-order valence-corrected chi connectivity index (χ4v) is 6.51. The number of methoxy groups -OCH3 is 1. The molecule has 8 heteroatoms. The van der Waals surface area contributed by atoms with Gasteiger partial charge in [0.2, 0.25) is 10.0 Å². The van der Waals surface area contributed by atoms with Crippen LogP contribution in [0.4, 0.5) is 5.69 Å². The summed E-state index contributed by atoms with van der Waals surface area (Å²) in [7, 11) is -1.81. The summed E-state index contributed by atoms with van der Waals surface area (Å²) in [5.41, 5.74) is 2.74. The van der Waals surface area contributed by atoms with Crippen LogP contribution in [0.25, 0.3) is 11.3 Å². The van der Waals surface area contributed by atoms with E-state index >= 15 is 0 Å². The van der Waals surface area contributed by atoms with Gasteiger partial charge in [0, 0.05) is 44.3 Å². The number of piperidine rings is 1. The summed E-state index contributed by atoms with van der Waals surface area (Å²) in [4.78, 5) is 6.06. The fraction of sp³-hybridized carbons (Fsp3) is 0.400. The maximum atomic E-state index is 13.3. The van der Waals surface area contributed by atoms with E-state index in [4.69, 9.17) is 9.73 Å². The van der Waals surface area contributed by atoms with Crippen molar-refractivity contribution in [3.8, 4) is 11.3 Å². The molecule has 3 aromatic rings. The number of rotatable bonds is 8. The Balaban J connectivity index is 1.71. The molecule has 176 valence electrons. The Bertz CT molecular complexity index is 1230. The molecular formula is C25H31N3O3S2. The number of sulfonamides is 1. The highest BCUT2D eigenvalue weighted by Crippen LogP contribution is 2.28. The van der Waals surface area contributed by atoms with Crippen LogP contribution in [0.15, 0.2) is 69.9 Å². The van der Waals surface area contributed by atoms with Crippen LogP contribution in [-0.2, 0) is 21.3 Å². The molecule has 0 N–H and O–H groups in total. The van der Waals surface area contributed by atoms with E-state index < -0.39 is 10.0 Å². The largest absolute Gasteiger partial charge is 0.385 e. The zero-order valence-electron chi connectivity index (χ0n) is 19.2. The van der Waals surface area contributed by atoms with Crippen LogP contribution in [0, 0.1) is 5.92 Å². The minimum atomic E-state index is -3.51. The van der Waals surface area contributed by atoms with Crippen LogP contribution < -0.4 is 4.80 Å². The van der Waals surface area contributed by atoms with Crippen LogP contribution in [0.1, 0.15) is 26.2 Å². The quantitative estimate of drug-likeness (QED) is 0.426. The lowest BCUT2D eigenvalue weighted by Crippen LogP contribution is -2.37. The molecular weight excluding hydrogens is 454 g/mol. The summed E-state index contributed by atoms with van der Waals surface area (Å²) >= 11 is 1.56. The van der Waals surface area contributed by atoms with Gasteiger partial charge < -0.3 is 9.30 Å². The molecule has 1 aliphatic rings. The van der Waals surface area contributed by atoms with Crippen LogP contribution in [0.3, 0.4) is 0 Å². The zero-order chi connectivity index (χ0) is 23.3. The molecule has 0 spiro atoms. The summed E-state index contributed by atoms with van der Waals surface area (Å²) in [6.45, 7) is 4.74. The van der Waals surface area contributed by atoms with Crippen LogP contribution in [-0.4, -0.2) is 44.1 Å². The van der Waals surface area contributed by atoms with Crippen molar-refractivity contribution in [1.82, 2.24) is 8.87 Å². The first-order valence-corrected chi connectivity index (χ1v) is 13.7. The highest BCUT2D eigenvalue weighted by Gasteiger charge is 2.28. The SMILES string of the molecule is COCCCn1c(-c2cccc(S(=O)(=O)N3CCC(C)CC3)c2)csc1=Nc1ccccc1. The highest BCUT2D eigenvalue weighted by atomic mass is 32.2. The van der Waals surface area contributed by atoms with E-state index in [-0.39, 0.29) is 0 Å². The smallest absolute Gasteiger partial charge is 0.243 e. The number of para-hydroxylation sites is 1. The molecule has 33 heavy (non-hydrogen) atoms. The molecule has 0 atom stereocenters. The predicted octanol–water partition coefficient (Wildman–Crippen LogP) is 4.91. The average molecular weight is 486 g/mol. The van der Waals surface area contributed by atoms with Crippen LogP contribution in [0.2, 0.25) is 0 Å². The van der Waals surface area contributed by atoms with E-state index in [0.717, 1.165) is 47.6 Å². The Morgan fingerprint density at radius 1 is 1.09 bits per heavy atom. The first kappa shape index (κ1) is 23.9. The highest BCUT2D eigenvalue weighted by molar-refractivity contribution is 7.89. The second-order valence-corrected chi connectivity index (χ2v) is 11.2. The van der Waals surface area contributed by atoms with Gasteiger partial charge in [-0.2, -0.15) is 4.31 Å². The summed E-state index contributed by atoms with van der Waals surface area (Å²) in [6, 6.07) is 17.2. The van der Waals surface area contributed by atoms with E-state index in [0.29, 0.717) is 30.5 Å². The monoisotopic (exact) mass is 485 g/mol. The lowest BCUT2D eigenvalue weighted by Gasteiger charge is -2.29. The number of ether oxygens (including phenoxy) is 1. The van der Waals surface area contributed by atoms with Gasteiger partial charge in [0.1, 0.15) is 0 Å².